The number of anilines is 1. The Morgan fingerprint density at radius 3 is 2.67 bits per heavy atom. The summed E-state index contributed by atoms with van der Waals surface area (Å²) in [4.78, 5) is 22.7. The topological polar surface area (TPSA) is 119 Å². The van der Waals surface area contributed by atoms with Gasteiger partial charge in [0.2, 0.25) is 10.9 Å². The molecule has 1 amide bonds. The lowest BCUT2D eigenvalue weighted by Gasteiger charge is -2.04. The molecule has 0 bridgehead atoms. The minimum absolute atomic E-state index is 0.0296. The summed E-state index contributed by atoms with van der Waals surface area (Å²) in [5.74, 6) is -1.24. The number of fused-ring (bicyclic) bond motifs is 1. The molecule has 3 N–H and O–H groups in total. The molecule has 18 heavy (non-hydrogen) atoms. The molecule has 0 spiro atoms. The molecule has 7 nitrogen and oxygen atoms in total. The average molecular weight is 268 g/mol. The van der Waals surface area contributed by atoms with Gasteiger partial charge in [-0.2, -0.15) is 0 Å². The van der Waals surface area contributed by atoms with Gasteiger partial charge in [-0.05, 0) is 12.1 Å². The lowest BCUT2D eigenvalue weighted by atomic mass is 10.2. The van der Waals surface area contributed by atoms with Crippen molar-refractivity contribution in [2.24, 2.45) is 5.73 Å². The van der Waals surface area contributed by atoms with Gasteiger partial charge in [0.15, 0.2) is 16.8 Å². The molecule has 0 saturated carbocycles. The third-order valence-electron chi connectivity index (χ3n) is 2.21. The molecule has 8 heteroatoms. The summed E-state index contributed by atoms with van der Waals surface area (Å²) in [6.07, 6.45) is 0. The fraction of sp³-hybridized carbons (Fsp3) is 0. The highest BCUT2D eigenvalue weighted by atomic mass is 32.2. The smallest absolute Gasteiger partial charge is 0.284 e. The maximum atomic E-state index is 11.7. The van der Waals surface area contributed by atoms with E-state index in [-0.39, 0.29) is 22.4 Å². The van der Waals surface area contributed by atoms with Gasteiger partial charge in [-0.3, -0.25) is 14.3 Å². The first-order valence-corrected chi connectivity index (χ1v) is 5.94. The van der Waals surface area contributed by atoms with E-state index in [9.17, 15) is 18.0 Å². The quantitative estimate of drug-likeness (QED) is 0.667. The fourth-order valence-corrected chi connectivity index (χ4v) is 1.86. The fourth-order valence-electron chi connectivity index (χ4n) is 1.49. The average Bonchev–Trinajstić information content (AvgIpc) is 2.29. The molecular weight excluding hydrogens is 260 g/mol. The van der Waals surface area contributed by atoms with Gasteiger partial charge in [0.1, 0.15) is 0 Å². The summed E-state index contributed by atoms with van der Waals surface area (Å²) in [5.41, 5.74) is 4.58. The summed E-state index contributed by atoms with van der Waals surface area (Å²) in [6.45, 7) is 0. The van der Waals surface area contributed by atoms with E-state index in [1.165, 1.54) is 18.2 Å². The third-order valence-corrected chi connectivity index (χ3v) is 2.63. The molecule has 94 valence electrons. The lowest BCUT2D eigenvalue weighted by Crippen LogP contribution is -2.14. The number of rotatable bonds is 3. The zero-order chi connectivity index (χ0) is 13.3. The van der Waals surface area contributed by atoms with Crippen molar-refractivity contribution >= 4 is 33.5 Å². The first-order valence-electron chi connectivity index (χ1n) is 4.77. The van der Waals surface area contributed by atoms with Crippen molar-refractivity contribution in [3.8, 4) is 0 Å². The molecule has 0 radical (unpaired) electrons. The molecule has 0 aliphatic heterocycles. The van der Waals surface area contributed by atoms with Crippen LogP contribution in [0.15, 0.2) is 33.5 Å². The molecule has 1 heterocycles. The van der Waals surface area contributed by atoms with Crippen LogP contribution < -0.4 is 15.9 Å². The van der Waals surface area contributed by atoms with Crippen LogP contribution >= 0.6 is 0 Å². The van der Waals surface area contributed by atoms with Gasteiger partial charge in [0.25, 0.3) is 5.91 Å². The Morgan fingerprint density at radius 1 is 1.33 bits per heavy atom. The van der Waals surface area contributed by atoms with Crippen LogP contribution in [0.25, 0.3) is 11.0 Å². The van der Waals surface area contributed by atoms with Crippen LogP contribution in [0.4, 0.5) is 5.69 Å². The Morgan fingerprint density at radius 2 is 2.06 bits per heavy atom. The van der Waals surface area contributed by atoms with Gasteiger partial charge < -0.3 is 10.2 Å². The van der Waals surface area contributed by atoms with Crippen LogP contribution in [0, 0.1) is 0 Å². The molecule has 0 unspecified atom stereocenters. The van der Waals surface area contributed by atoms with Crippen molar-refractivity contribution in [1.82, 2.24) is 0 Å². The zero-order valence-electron chi connectivity index (χ0n) is 8.88. The number of nitrogens with two attached hydrogens (primary N) is 1. The second kappa shape index (κ2) is 4.49. The summed E-state index contributed by atoms with van der Waals surface area (Å²) >= 11 is 0. The Kier molecular flexibility index (Phi) is 3.02. The molecule has 0 aliphatic carbocycles. The number of carbonyl (C=O) groups is 1. The van der Waals surface area contributed by atoms with E-state index < -0.39 is 22.2 Å². The number of benzene rings is 1. The van der Waals surface area contributed by atoms with E-state index in [1.807, 2.05) is 0 Å². The Hall–Kier alpha value is -2.35. The predicted octanol–water partition coefficient (Wildman–Crippen LogP) is -0.170. The maximum Gasteiger partial charge on any atom is 0.284 e. The number of hydrogen-bond acceptors (Lipinski definition) is 5. The SMILES string of the molecule is NC(=O)c1cc(=O)c2cccc(N[SH](=O)=O)c2o1. The summed E-state index contributed by atoms with van der Waals surface area (Å²) in [7, 11) is -2.91. The minimum Gasteiger partial charge on any atom is -0.448 e. The number of amides is 1. The molecule has 2 rings (SSSR count). The number of nitrogens with one attached hydrogen (secondary N) is 1. The molecule has 0 aliphatic rings. The number of hydrogen-bond donors (Lipinski definition) is 3. The monoisotopic (exact) mass is 268 g/mol. The van der Waals surface area contributed by atoms with Crippen LogP contribution in [0.3, 0.4) is 0 Å². The van der Waals surface area contributed by atoms with Crippen molar-refractivity contribution in [1.29, 1.82) is 0 Å². The van der Waals surface area contributed by atoms with E-state index in [0.717, 1.165) is 6.07 Å². The van der Waals surface area contributed by atoms with Gasteiger partial charge >= 0.3 is 0 Å². The van der Waals surface area contributed by atoms with Crippen molar-refractivity contribution in [3.05, 3.63) is 40.2 Å². The third kappa shape index (κ3) is 2.18. The highest BCUT2D eigenvalue weighted by Crippen LogP contribution is 2.21. The molecular formula is C10H8N2O5S. The van der Waals surface area contributed by atoms with Crippen molar-refractivity contribution in [2.75, 3.05) is 4.72 Å². The minimum atomic E-state index is -2.91. The second-order valence-corrected chi connectivity index (χ2v) is 4.13. The molecule has 2 aromatic rings. The van der Waals surface area contributed by atoms with Crippen LogP contribution in [-0.2, 0) is 10.9 Å². The first-order chi connectivity index (χ1) is 8.49. The Balaban J connectivity index is 2.81. The molecule has 0 fully saturated rings. The lowest BCUT2D eigenvalue weighted by molar-refractivity contribution is 0.0974. The summed E-state index contributed by atoms with van der Waals surface area (Å²) in [6, 6.07) is 5.31. The van der Waals surface area contributed by atoms with Crippen LogP contribution in [-0.4, -0.2) is 14.3 Å². The summed E-state index contributed by atoms with van der Waals surface area (Å²) in [5, 5.41) is 0.154. The number of carbonyl (C=O) groups excluding carboxylic acids is 1. The van der Waals surface area contributed by atoms with E-state index in [2.05, 4.69) is 4.72 Å². The van der Waals surface area contributed by atoms with E-state index in [0.29, 0.717) is 0 Å². The van der Waals surface area contributed by atoms with Gasteiger partial charge in [0.05, 0.1) is 11.1 Å². The number of primary amides is 1. The van der Waals surface area contributed by atoms with E-state index in [4.69, 9.17) is 10.2 Å². The molecule has 1 aromatic carbocycles. The number of thiol groups is 1. The summed E-state index contributed by atoms with van der Waals surface area (Å²) < 4.78 is 28.5. The predicted molar refractivity (Wildman–Crippen MR) is 64.9 cm³/mol. The Bertz CT molecular complexity index is 754. The van der Waals surface area contributed by atoms with Crippen LogP contribution in [0.1, 0.15) is 10.6 Å². The highest BCUT2D eigenvalue weighted by molar-refractivity contribution is 7.73. The van der Waals surface area contributed by atoms with Crippen molar-refractivity contribution < 1.29 is 17.6 Å². The van der Waals surface area contributed by atoms with Crippen LogP contribution in [0.5, 0.6) is 0 Å². The first kappa shape index (κ1) is 12.1. The molecule has 1 aromatic heterocycles. The normalized spacial score (nSPS) is 10.7. The van der Waals surface area contributed by atoms with Crippen molar-refractivity contribution in [2.45, 2.75) is 0 Å². The van der Waals surface area contributed by atoms with Gasteiger partial charge in [-0.15, -0.1) is 0 Å². The van der Waals surface area contributed by atoms with Gasteiger partial charge in [-0.1, -0.05) is 6.07 Å². The zero-order valence-corrected chi connectivity index (χ0v) is 9.77. The van der Waals surface area contributed by atoms with E-state index >= 15 is 0 Å². The highest BCUT2D eigenvalue weighted by Gasteiger charge is 2.12. The van der Waals surface area contributed by atoms with Crippen molar-refractivity contribution in [3.63, 3.8) is 0 Å². The molecule has 0 saturated heterocycles. The van der Waals surface area contributed by atoms with Crippen LogP contribution in [0.2, 0.25) is 0 Å². The standard InChI is InChI=1S/C10H8N2O5S/c11-10(14)8-4-7(13)5-2-1-3-6(9(5)17-8)12-18(15)16/h1-4,18H,(H2,11,14)(H,12,15,16). The molecule has 0 atom stereocenters. The largest absolute Gasteiger partial charge is 0.448 e. The maximum absolute atomic E-state index is 11.7. The second-order valence-electron chi connectivity index (χ2n) is 3.39. The number of para-hydroxylation sites is 1. The van der Waals surface area contributed by atoms with Gasteiger partial charge in [0, 0.05) is 6.07 Å². The van der Waals surface area contributed by atoms with E-state index in [1.54, 1.807) is 0 Å². The van der Waals surface area contributed by atoms with Gasteiger partial charge in [-0.25, -0.2) is 8.42 Å². The Labute approximate surface area is 102 Å².